The van der Waals surface area contributed by atoms with Gasteiger partial charge in [0.2, 0.25) is 0 Å². The zero-order chi connectivity index (χ0) is 8.84. The summed E-state index contributed by atoms with van der Waals surface area (Å²) < 4.78 is 1.80. The molecular weight excluding hydrogens is 279 g/mol. The van der Waals surface area contributed by atoms with E-state index in [0.29, 0.717) is 0 Å². The molecule has 0 bridgehead atoms. The number of aromatic amines is 1. The molecule has 0 amide bonds. The largest absolute Gasteiger partial charge is 0.346 e. The summed E-state index contributed by atoms with van der Waals surface area (Å²) in [6, 6.07) is 4.08. The first kappa shape index (κ1) is 7.31. The Morgan fingerprint density at radius 1 is 1.46 bits per heavy atom. The Morgan fingerprint density at radius 2 is 2.38 bits per heavy atom. The summed E-state index contributed by atoms with van der Waals surface area (Å²) >= 11 is 2.14. The molecule has 64 valence electrons. The second-order valence-corrected chi connectivity index (χ2v) is 3.73. The number of nitrogens with one attached hydrogen (secondary N) is 1. The topological polar surface area (TPSA) is 46.5 Å². The van der Waals surface area contributed by atoms with Crippen LogP contribution in [-0.2, 0) is 0 Å². The fourth-order valence-electron chi connectivity index (χ4n) is 1.40. The minimum atomic E-state index is 0.914. The van der Waals surface area contributed by atoms with Crippen molar-refractivity contribution in [3.8, 4) is 0 Å². The lowest BCUT2D eigenvalue weighted by Gasteiger charge is -1.91. The lowest BCUT2D eigenvalue weighted by Crippen LogP contribution is -1.81. The molecule has 0 saturated heterocycles. The normalized spacial score (nSPS) is 11.5. The second-order valence-electron chi connectivity index (χ2n) is 2.81. The van der Waals surface area contributed by atoms with Crippen LogP contribution in [0.2, 0.25) is 0 Å². The number of nitrogens with zero attached hydrogens (tertiary/aromatic N) is 3. The van der Waals surface area contributed by atoms with Gasteiger partial charge in [0.25, 0.3) is 0 Å². The molecule has 0 aliphatic rings. The Labute approximate surface area is 87.4 Å². The molecule has 1 N–H and O–H groups in total. The fraction of sp³-hybridized carbons (Fsp3) is 0. The van der Waals surface area contributed by atoms with E-state index in [1.807, 2.05) is 12.3 Å². The van der Waals surface area contributed by atoms with Gasteiger partial charge in [-0.25, -0.2) is 7.88 Å². The van der Waals surface area contributed by atoms with Crippen LogP contribution in [0.1, 0.15) is 0 Å². The van der Waals surface area contributed by atoms with Crippen molar-refractivity contribution in [1.82, 2.24) is 18.0 Å². The third-order valence-electron chi connectivity index (χ3n) is 2.02. The third-order valence-corrected chi connectivity index (χ3v) is 2.79. The zero-order valence-electron chi connectivity index (χ0n) is 6.53. The van der Waals surface area contributed by atoms with Gasteiger partial charge in [-0.15, -0.1) is 0 Å². The van der Waals surface area contributed by atoms with Crippen LogP contribution >= 0.6 is 22.9 Å². The van der Waals surface area contributed by atoms with E-state index in [0.717, 1.165) is 22.1 Å². The van der Waals surface area contributed by atoms with Crippen molar-refractivity contribution in [3.05, 3.63) is 24.5 Å². The Hall–Kier alpha value is -1.11. The lowest BCUT2D eigenvalue weighted by atomic mass is 10.3. The lowest BCUT2D eigenvalue weighted by molar-refractivity contribution is 1.09. The number of pyridine rings is 1. The smallest absolute Gasteiger partial charge is 0.138 e. The molecule has 3 rings (SSSR count). The van der Waals surface area contributed by atoms with Crippen LogP contribution < -0.4 is 0 Å². The molecule has 0 fully saturated rings. The van der Waals surface area contributed by atoms with Gasteiger partial charge in [-0.05, 0) is 12.1 Å². The van der Waals surface area contributed by atoms with Gasteiger partial charge in [0.1, 0.15) is 11.2 Å². The Balaban J connectivity index is 2.59. The summed E-state index contributed by atoms with van der Waals surface area (Å²) in [5.41, 5.74) is 2.88. The fourth-order valence-corrected chi connectivity index (χ4v) is 1.91. The molecule has 3 aromatic heterocycles. The van der Waals surface area contributed by atoms with E-state index in [4.69, 9.17) is 0 Å². The first-order valence-electron chi connectivity index (χ1n) is 3.82. The monoisotopic (exact) mass is 284 g/mol. The van der Waals surface area contributed by atoms with Gasteiger partial charge in [0.05, 0.1) is 34.6 Å². The van der Waals surface area contributed by atoms with Crippen LogP contribution in [-0.4, -0.2) is 18.0 Å². The molecule has 5 heteroatoms. The van der Waals surface area contributed by atoms with Crippen molar-refractivity contribution in [1.29, 1.82) is 0 Å². The van der Waals surface area contributed by atoms with Crippen molar-refractivity contribution in [2.24, 2.45) is 0 Å². The van der Waals surface area contributed by atoms with E-state index < -0.39 is 0 Å². The summed E-state index contributed by atoms with van der Waals surface area (Å²) in [5, 5.41) is 5.24. The standard InChI is InChI=1S/C8H5IN4/c9-13-7-3-5-1-2-10-8(5)12-6(7)4-11-13/h1-4H,(H,10,12). The van der Waals surface area contributed by atoms with E-state index in [9.17, 15) is 0 Å². The highest BCUT2D eigenvalue weighted by Gasteiger charge is 2.04. The van der Waals surface area contributed by atoms with Gasteiger partial charge in [0, 0.05) is 11.6 Å². The second kappa shape index (κ2) is 2.44. The summed E-state index contributed by atoms with van der Waals surface area (Å²) in [6.07, 6.45) is 3.66. The van der Waals surface area contributed by atoms with Crippen molar-refractivity contribution in [2.45, 2.75) is 0 Å². The maximum atomic E-state index is 4.41. The van der Waals surface area contributed by atoms with Crippen LogP contribution in [0, 0.1) is 0 Å². The molecular formula is C8H5IN4. The third kappa shape index (κ3) is 0.963. The Morgan fingerprint density at radius 3 is 3.31 bits per heavy atom. The average Bonchev–Trinajstić information content (AvgIpc) is 2.70. The number of hydrogen-bond acceptors (Lipinski definition) is 2. The number of rotatable bonds is 0. The van der Waals surface area contributed by atoms with E-state index in [1.54, 1.807) is 9.09 Å². The molecule has 0 atom stereocenters. The first-order chi connectivity index (χ1) is 6.34. The van der Waals surface area contributed by atoms with E-state index in [1.165, 1.54) is 0 Å². The SMILES string of the molecule is In1ncc2nc3[nH]ccc3cc21. The quantitative estimate of drug-likeness (QED) is 0.643. The molecule has 0 radical (unpaired) electrons. The zero-order valence-corrected chi connectivity index (χ0v) is 8.69. The van der Waals surface area contributed by atoms with Crippen LogP contribution in [0.4, 0.5) is 0 Å². The molecule has 4 nitrogen and oxygen atoms in total. The van der Waals surface area contributed by atoms with Crippen molar-refractivity contribution < 1.29 is 0 Å². The van der Waals surface area contributed by atoms with E-state index in [-0.39, 0.29) is 0 Å². The Kier molecular flexibility index (Phi) is 1.37. The summed E-state index contributed by atoms with van der Waals surface area (Å²) in [5.74, 6) is 0. The predicted octanol–water partition coefficient (Wildman–Crippen LogP) is 2.11. The minimum absolute atomic E-state index is 0.914. The number of H-pyrrole nitrogens is 1. The number of aromatic nitrogens is 4. The number of halogens is 1. The van der Waals surface area contributed by atoms with E-state index >= 15 is 0 Å². The van der Waals surface area contributed by atoms with Crippen molar-refractivity contribution >= 4 is 44.9 Å². The van der Waals surface area contributed by atoms with Gasteiger partial charge in [-0.1, -0.05) is 0 Å². The number of hydrogen-bond donors (Lipinski definition) is 1. The van der Waals surface area contributed by atoms with Crippen molar-refractivity contribution in [2.75, 3.05) is 0 Å². The average molecular weight is 284 g/mol. The van der Waals surface area contributed by atoms with Gasteiger partial charge in [0.15, 0.2) is 0 Å². The summed E-state index contributed by atoms with van der Waals surface area (Å²) in [4.78, 5) is 7.49. The Bertz CT molecular complexity index is 580. The molecule has 3 aromatic rings. The maximum Gasteiger partial charge on any atom is 0.138 e. The van der Waals surface area contributed by atoms with Crippen molar-refractivity contribution in [3.63, 3.8) is 0 Å². The highest BCUT2D eigenvalue weighted by Crippen LogP contribution is 2.19. The molecule has 0 aromatic carbocycles. The minimum Gasteiger partial charge on any atom is -0.346 e. The van der Waals surface area contributed by atoms with Gasteiger partial charge < -0.3 is 4.98 Å². The first-order valence-corrected chi connectivity index (χ1v) is 4.79. The van der Waals surface area contributed by atoms with Crippen LogP contribution in [0.25, 0.3) is 22.1 Å². The summed E-state index contributed by atoms with van der Waals surface area (Å²) in [7, 11) is 0. The molecule has 0 aliphatic carbocycles. The van der Waals surface area contributed by atoms with Crippen LogP contribution in [0.5, 0.6) is 0 Å². The number of fused-ring (bicyclic) bond motifs is 2. The molecule has 13 heavy (non-hydrogen) atoms. The molecule has 0 aliphatic heterocycles. The van der Waals surface area contributed by atoms with Gasteiger partial charge in [-0.3, -0.25) is 0 Å². The van der Waals surface area contributed by atoms with Crippen LogP contribution in [0.3, 0.4) is 0 Å². The molecule has 0 unspecified atom stereocenters. The molecule has 3 heterocycles. The predicted molar refractivity (Wildman–Crippen MR) is 58.8 cm³/mol. The van der Waals surface area contributed by atoms with E-state index in [2.05, 4.69) is 44.0 Å². The highest BCUT2D eigenvalue weighted by atomic mass is 127. The molecule has 0 spiro atoms. The highest BCUT2D eigenvalue weighted by molar-refractivity contribution is 14.1. The maximum absolute atomic E-state index is 4.41. The van der Waals surface area contributed by atoms with Gasteiger partial charge in [-0.2, -0.15) is 5.10 Å². The van der Waals surface area contributed by atoms with Gasteiger partial charge >= 0.3 is 0 Å². The summed E-state index contributed by atoms with van der Waals surface area (Å²) in [6.45, 7) is 0. The molecule has 0 saturated carbocycles. The van der Waals surface area contributed by atoms with Crippen LogP contribution in [0.15, 0.2) is 24.5 Å².